The Kier molecular flexibility index (Phi) is 34.5. The summed E-state index contributed by atoms with van der Waals surface area (Å²) in [5.41, 5.74) is 9.25. The number of para-hydroxylation sites is 1. The molecule has 0 saturated carbocycles. The molecule has 14 N–H and O–H groups in total. The first-order chi connectivity index (χ1) is 67.4. The lowest BCUT2D eigenvalue weighted by molar-refractivity contribution is -0.142. The fraction of sp³-hybridized carbons (Fsp3) is 0.314. The number of ether oxygens (including phenoxy) is 2. The summed E-state index contributed by atoms with van der Waals surface area (Å²) < 4.78 is 12.8. The highest BCUT2D eigenvalue weighted by molar-refractivity contribution is 8.22. The van der Waals surface area contributed by atoms with Crippen molar-refractivity contribution < 1.29 is 86.2 Å². The third kappa shape index (κ3) is 24.8. The standard InChI is InChI=1S/C105H117N15O18P2S2/c1-60(89(106)122)114-100(133)104(10,11)117-95(128)66(7)111-92(125)63(4)113-97(130)88(59-140(142,72-40-22-16-23-41-72)73-42-24-17-25-43-73)120(103(136)138-57-84-81-51-32-28-47-77(81)78-48-29-33-52-82(78)84)99(132)86(54-69-55-107-85-53-35-34-44-74(69)85)116-93(126)64(5)109-91(124)62(3)112-96(129)87(58-139(141,70-36-18-14-19-37-70)71-38-20-15-21-39-71)119(102(135)137-56-83-79-49-30-26-45-75(79)76-46-27-31-50-80(76)83)98(131)67(8)115-101(134)105(12,13)118-94(127)65(6)110-90(123)61(2)108-68(9)121/h14-53,55,60-67,83-84,86-88,107H,54,56-59H2,1-13H3,(H2,106,122)(H,108,121)(H,109,124)(H,110,123)(H,111,125)(H,112,129)(H,113,130)(H,114,133)(H,115,134)(H,116,126)(H,117,128)(H,118,127)/t60-,61-,62-,63-,64-,65-,66-,67-,86-,87+,88-/m0/s1. The van der Waals surface area contributed by atoms with Gasteiger partial charge in [0, 0.05) is 66.7 Å². The van der Waals surface area contributed by atoms with Gasteiger partial charge >= 0.3 is 12.2 Å². The van der Waals surface area contributed by atoms with Gasteiger partial charge in [0.15, 0.2) is 0 Å². The zero-order valence-electron chi connectivity index (χ0n) is 80.7. The van der Waals surface area contributed by atoms with Gasteiger partial charge in [-0.1, -0.05) is 260 Å². The molecule has 0 spiro atoms. The van der Waals surface area contributed by atoms with Gasteiger partial charge < -0.3 is 78.7 Å². The van der Waals surface area contributed by atoms with Crippen LogP contribution in [0.1, 0.15) is 130 Å². The molecule has 9 aromatic carbocycles. The predicted molar refractivity (Wildman–Crippen MR) is 548 cm³/mol. The van der Waals surface area contributed by atoms with E-state index < -0.39 is 228 Å². The molecule has 2 aliphatic rings. The first-order valence-electron chi connectivity index (χ1n) is 46.4. The van der Waals surface area contributed by atoms with Crippen molar-refractivity contribution >= 4 is 163 Å². The van der Waals surface area contributed by atoms with Crippen molar-refractivity contribution in [3.8, 4) is 22.3 Å². The van der Waals surface area contributed by atoms with Crippen LogP contribution in [0.15, 0.2) is 249 Å². The molecule has 37 heteroatoms. The van der Waals surface area contributed by atoms with E-state index in [-0.39, 0.29) is 0 Å². The van der Waals surface area contributed by atoms with Crippen molar-refractivity contribution in [1.82, 2.24) is 73.3 Å². The smallest absolute Gasteiger partial charge is 0.417 e. The Morgan fingerprint density at radius 1 is 0.359 bits per heavy atom. The van der Waals surface area contributed by atoms with Crippen LogP contribution in [-0.4, -0.2) is 213 Å². The molecule has 1 heterocycles. The normalized spacial score (nSPS) is 14.5. The van der Waals surface area contributed by atoms with Crippen LogP contribution in [0.25, 0.3) is 33.2 Å². The largest absolute Gasteiger partial charge is 0.448 e. The van der Waals surface area contributed by atoms with E-state index in [4.69, 9.17) is 38.8 Å². The van der Waals surface area contributed by atoms with E-state index in [2.05, 4.69) is 63.5 Å². The van der Waals surface area contributed by atoms with Gasteiger partial charge in [-0.3, -0.25) is 67.1 Å². The number of nitrogens with two attached hydrogens (primary N) is 1. The fourth-order valence-electron chi connectivity index (χ4n) is 17.1. The maximum Gasteiger partial charge on any atom is 0.417 e. The summed E-state index contributed by atoms with van der Waals surface area (Å²) in [5.74, 6) is -14.8. The Hall–Kier alpha value is -14.7. The van der Waals surface area contributed by atoms with Crippen LogP contribution < -0.4 is 85.4 Å². The summed E-state index contributed by atoms with van der Waals surface area (Å²) in [4.78, 5) is 241. The van der Waals surface area contributed by atoms with E-state index in [0.29, 0.717) is 47.5 Å². The first kappa shape index (κ1) is 106. The Bertz CT molecular complexity index is 6390. The van der Waals surface area contributed by atoms with Gasteiger partial charge in [-0.2, -0.15) is 0 Å². The van der Waals surface area contributed by atoms with Gasteiger partial charge in [0.05, 0.1) is 0 Å². The van der Waals surface area contributed by atoms with Crippen molar-refractivity contribution in [1.29, 1.82) is 0 Å². The number of imide groups is 2. The van der Waals surface area contributed by atoms with Gasteiger partial charge in [0.25, 0.3) is 11.8 Å². The summed E-state index contributed by atoms with van der Waals surface area (Å²) in [5, 5.41) is 31.1. The number of carbonyl (C=O) groups is 16. The zero-order chi connectivity index (χ0) is 103. The summed E-state index contributed by atoms with van der Waals surface area (Å²) in [7, 11) is 0. The molecule has 10 aromatic rings. The van der Waals surface area contributed by atoms with E-state index in [0.717, 1.165) is 44.5 Å². The second-order valence-corrected chi connectivity index (χ2v) is 46.0. The van der Waals surface area contributed by atoms with E-state index >= 15 is 38.4 Å². The number of carbonyl (C=O) groups excluding carboxylic acids is 16. The topological polar surface area (TPSA) is 472 Å². The molecule has 16 amide bonds. The molecule has 0 saturated heterocycles. The summed E-state index contributed by atoms with van der Waals surface area (Å²) in [6.07, 6.45) is -2.76. The van der Waals surface area contributed by atoms with Crippen LogP contribution >= 0.6 is 12.1 Å². The number of aromatic nitrogens is 1. The van der Waals surface area contributed by atoms with Crippen LogP contribution in [0.3, 0.4) is 0 Å². The first-order valence-corrected chi connectivity index (χ1v) is 52.4. The number of primary amides is 1. The molecule has 11 atom stereocenters. The number of fused-ring (bicyclic) bond motifs is 7. The molecular formula is C105H117N15O18P2S2. The average molecular weight is 2000 g/mol. The Morgan fingerprint density at radius 3 is 1.01 bits per heavy atom. The molecule has 0 radical (unpaired) electrons. The van der Waals surface area contributed by atoms with E-state index in [1.807, 2.05) is 97.1 Å². The minimum atomic E-state index is -3.56. The monoisotopic (exact) mass is 2000 g/mol. The third-order valence-electron chi connectivity index (χ3n) is 25.1. The SMILES string of the molecule is CC(=O)N[C@@H](C)C(=O)N[C@@H](C)C(=O)NC(C)(C)C(=O)N[C@@H](C)C(=O)N(C(=O)OCC1c2ccccc2-c2ccccc21)[C@H](CP(=S)(c1ccccc1)c1ccccc1)C(=O)N[C@@H](C)C(=O)N[C@@H](C)C(=O)N[C@@H](Cc1c[nH]c2ccccc12)C(=O)N(C(=O)OCC1c2ccccc2-c2ccccc21)[C@@H](CP(=S)(c1ccccc1)c1ccccc1)C(=O)N[C@@H](C)C(=O)N[C@@H](C)C(=O)NC(C)(C)C(=O)N[C@@H](C)C(N)=O. The molecule has 0 fully saturated rings. The summed E-state index contributed by atoms with van der Waals surface area (Å²) in [6, 6.07) is 46.8. The van der Waals surface area contributed by atoms with Gasteiger partial charge in [0.2, 0.25) is 70.9 Å². The number of hydrogen-bond acceptors (Lipinski definition) is 20. The average Bonchev–Trinajstić information content (AvgIpc) is 1.47. The molecule has 33 nitrogen and oxygen atoms in total. The number of benzene rings is 9. The lowest BCUT2D eigenvalue weighted by Crippen LogP contribution is -2.64. The number of rotatable bonds is 40. The van der Waals surface area contributed by atoms with Crippen LogP contribution in [0.2, 0.25) is 0 Å². The van der Waals surface area contributed by atoms with E-state index in [1.54, 1.807) is 152 Å². The lowest BCUT2D eigenvalue weighted by atomic mass is 9.98. The Labute approximate surface area is 833 Å². The molecule has 742 valence electrons. The number of aromatic amines is 1. The van der Waals surface area contributed by atoms with Crippen molar-refractivity contribution in [3.63, 3.8) is 0 Å². The van der Waals surface area contributed by atoms with Crippen molar-refractivity contribution in [2.75, 3.05) is 25.5 Å². The fourth-order valence-corrected chi connectivity index (χ4v) is 25.1. The van der Waals surface area contributed by atoms with E-state index in [1.165, 1.54) is 90.0 Å². The van der Waals surface area contributed by atoms with Crippen LogP contribution in [0.4, 0.5) is 9.59 Å². The van der Waals surface area contributed by atoms with E-state index in [9.17, 15) is 38.4 Å². The second-order valence-electron chi connectivity index (χ2n) is 36.5. The molecule has 2 aliphatic carbocycles. The maximum atomic E-state index is 17.1. The molecule has 12 rings (SSSR count). The number of nitrogens with zero attached hydrogens (tertiary/aromatic N) is 2. The Balaban J connectivity index is 0.901. The lowest BCUT2D eigenvalue weighted by Gasteiger charge is -2.36. The number of hydrogen-bond donors (Lipinski definition) is 13. The highest BCUT2D eigenvalue weighted by Crippen LogP contribution is 2.50. The number of nitrogens with one attached hydrogen (secondary N) is 12. The quantitative estimate of drug-likeness (QED) is 0.0171. The second kappa shape index (κ2) is 46.2. The van der Waals surface area contributed by atoms with Crippen LogP contribution in [0.5, 0.6) is 0 Å². The molecule has 1 aromatic heterocycles. The highest BCUT2D eigenvalue weighted by Gasteiger charge is 2.49. The van der Waals surface area contributed by atoms with Crippen LogP contribution in [0, 0.1) is 0 Å². The van der Waals surface area contributed by atoms with Gasteiger partial charge in [-0.15, -0.1) is 0 Å². The molecule has 0 unspecified atom stereocenters. The van der Waals surface area contributed by atoms with Gasteiger partial charge in [-0.25, -0.2) is 19.4 Å². The molecule has 142 heavy (non-hydrogen) atoms. The van der Waals surface area contributed by atoms with Crippen molar-refractivity contribution in [3.05, 3.63) is 277 Å². The summed E-state index contributed by atoms with van der Waals surface area (Å²) in [6.45, 7) is 16.1. The molecular weight excluding hydrogens is 1890 g/mol. The predicted octanol–water partition coefficient (Wildman–Crippen LogP) is 7.08. The van der Waals surface area contributed by atoms with Gasteiger partial charge in [-0.05, 0) is 160 Å². The van der Waals surface area contributed by atoms with Crippen LogP contribution in [-0.2, 0) is 107 Å². The highest BCUT2D eigenvalue weighted by atomic mass is 32.4. The number of H-pyrrole nitrogens is 1. The maximum absolute atomic E-state index is 17.1. The van der Waals surface area contributed by atoms with Crippen molar-refractivity contribution in [2.24, 2.45) is 5.73 Å². The number of amides is 16. The molecule has 0 aliphatic heterocycles. The minimum absolute atomic E-state index is 0.391. The van der Waals surface area contributed by atoms with Gasteiger partial charge in [0.1, 0.15) is 90.8 Å². The molecule has 0 bridgehead atoms. The summed E-state index contributed by atoms with van der Waals surface area (Å²) >= 11 is 13.7. The Morgan fingerprint density at radius 2 is 0.655 bits per heavy atom. The zero-order valence-corrected chi connectivity index (χ0v) is 84.2. The minimum Gasteiger partial charge on any atom is -0.448 e. The third-order valence-corrected chi connectivity index (χ3v) is 34.8. The van der Waals surface area contributed by atoms with Crippen molar-refractivity contribution in [2.45, 2.75) is 186 Å².